The summed E-state index contributed by atoms with van der Waals surface area (Å²) in [7, 11) is 0.891. The van der Waals surface area contributed by atoms with Gasteiger partial charge in [-0.1, -0.05) is 19.8 Å². The van der Waals surface area contributed by atoms with Crippen LogP contribution in [0.25, 0.3) is 0 Å². The highest BCUT2D eigenvalue weighted by Gasteiger charge is 2.43. The van der Waals surface area contributed by atoms with Crippen LogP contribution in [-0.2, 0) is 6.18 Å². The number of methoxy groups -OCH3 is 1. The molecule has 0 aromatic heterocycles. The van der Waals surface area contributed by atoms with Gasteiger partial charge in [0.05, 0.1) is 17.6 Å². The van der Waals surface area contributed by atoms with Crippen molar-refractivity contribution in [3.63, 3.8) is 0 Å². The Bertz CT molecular complexity index is 736. The lowest BCUT2D eigenvalue weighted by molar-refractivity contribution is -0.386. The van der Waals surface area contributed by atoms with Crippen LogP contribution in [0.3, 0.4) is 0 Å². The monoisotopic (exact) mass is 393 g/mol. The second-order valence-electron chi connectivity index (χ2n) is 5.37. The first kappa shape index (κ1) is 22.0. The van der Waals surface area contributed by atoms with Crippen molar-refractivity contribution in [1.82, 2.24) is 10.6 Å². The molecule has 3 amide bonds. The number of rotatable bonds is 7. The SMILES string of the molecule is CCCCCNC(=O)NC(=O)c1c(C(F)(F)F)cc(OC)c(O)c1[N+](=O)[O-]. The summed E-state index contributed by atoms with van der Waals surface area (Å²) in [4.78, 5) is 33.6. The Morgan fingerprint density at radius 3 is 2.44 bits per heavy atom. The van der Waals surface area contributed by atoms with E-state index in [0.29, 0.717) is 6.42 Å². The average Bonchev–Trinajstić information content (AvgIpc) is 2.56. The maximum atomic E-state index is 13.3. The van der Waals surface area contributed by atoms with Gasteiger partial charge >= 0.3 is 17.9 Å². The molecule has 1 aromatic carbocycles. The Kier molecular flexibility index (Phi) is 7.37. The standard InChI is InChI=1S/C15H18F3N3O6/c1-3-4-5-6-19-14(24)20-13(23)10-8(15(16,17)18)7-9(27-2)12(22)11(10)21(25)26/h7,22H,3-6H2,1-2H3,(H2,19,20,23,24). The van der Waals surface area contributed by atoms with Crippen molar-refractivity contribution in [2.24, 2.45) is 0 Å². The third kappa shape index (κ3) is 5.46. The lowest BCUT2D eigenvalue weighted by atomic mass is 10.0. The van der Waals surface area contributed by atoms with E-state index in [0.717, 1.165) is 20.0 Å². The largest absolute Gasteiger partial charge is 0.499 e. The van der Waals surface area contributed by atoms with Gasteiger partial charge < -0.3 is 15.2 Å². The summed E-state index contributed by atoms with van der Waals surface area (Å²) in [5.41, 5.74) is -4.73. The zero-order chi connectivity index (χ0) is 20.8. The zero-order valence-corrected chi connectivity index (χ0v) is 14.5. The highest BCUT2D eigenvalue weighted by Crippen LogP contribution is 2.45. The topological polar surface area (TPSA) is 131 Å². The van der Waals surface area contributed by atoms with E-state index in [1.807, 2.05) is 6.92 Å². The van der Waals surface area contributed by atoms with Gasteiger partial charge in [-0.2, -0.15) is 13.2 Å². The number of nitrogens with zero attached hydrogens (tertiary/aromatic N) is 1. The number of phenolic OH excluding ortho intramolecular Hbond substituents is 1. The van der Waals surface area contributed by atoms with Gasteiger partial charge in [-0.05, 0) is 12.5 Å². The molecule has 0 aliphatic heterocycles. The molecule has 12 heteroatoms. The van der Waals surface area contributed by atoms with Crippen molar-refractivity contribution in [3.05, 3.63) is 27.3 Å². The summed E-state index contributed by atoms with van der Waals surface area (Å²) in [6.07, 6.45) is -2.97. The lowest BCUT2D eigenvalue weighted by Crippen LogP contribution is -2.40. The lowest BCUT2D eigenvalue weighted by Gasteiger charge is -2.15. The Balaban J connectivity index is 3.31. The fourth-order valence-corrected chi connectivity index (χ4v) is 2.21. The third-order valence-electron chi connectivity index (χ3n) is 3.47. The van der Waals surface area contributed by atoms with Crippen molar-refractivity contribution in [3.8, 4) is 11.5 Å². The number of nitro groups is 1. The van der Waals surface area contributed by atoms with E-state index in [1.165, 1.54) is 0 Å². The number of aromatic hydroxyl groups is 1. The Hall–Kier alpha value is -3.05. The molecule has 0 fully saturated rings. The molecule has 9 nitrogen and oxygen atoms in total. The molecule has 1 rings (SSSR count). The van der Waals surface area contributed by atoms with Crippen LogP contribution in [0.4, 0.5) is 23.7 Å². The maximum absolute atomic E-state index is 13.3. The molecule has 3 N–H and O–H groups in total. The molecule has 0 aliphatic carbocycles. The molecule has 0 bridgehead atoms. The van der Waals surface area contributed by atoms with Gasteiger partial charge in [0.2, 0.25) is 5.75 Å². The quantitative estimate of drug-likeness (QED) is 0.371. The first-order valence-corrected chi connectivity index (χ1v) is 7.79. The number of amides is 3. The van der Waals surface area contributed by atoms with E-state index in [4.69, 9.17) is 0 Å². The number of phenols is 1. The Labute approximate surface area is 151 Å². The summed E-state index contributed by atoms with van der Waals surface area (Å²) in [6, 6.07) is -0.870. The minimum Gasteiger partial charge on any atom is -0.499 e. The van der Waals surface area contributed by atoms with Crippen LogP contribution in [0.1, 0.15) is 42.1 Å². The number of urea groups is 1. The fourth-order valence-electron chi connectivity index (χ4n) is 2.21. The number of benzene rings is 1. The van der Waals surface area contributed by atoms with Crippen molar-refractivity contribution < 1.29 is 37.5 Å². The number of ether oxygens (including phenoxy) is 1. The van der Waals surface area contributed by atoms with E-state index < -0.39 is 51.4 Å². The van der Waals surface area contributed by atoms with Gasteiger partial charge in [-0.3, -0.25) is 20.2 Å². The van der Waals surface area contributed by atoms with Crippen LogP contribution in [-0.4, -0.2) is 35.6 Å². The van der Waals surface area contributed by atoms with E-state index in [2.05, 4.69) is 10.1 Å². The van der Waals surface area contributed by atoms with Crippen LogP contribution in [0.15, 0.2) is 6.07 Å². The Morgan fingerprint density at radius 1 is 1.33 bits per heavy atom. The molecule has 0 saturated heterocycles. The highest BCUT2D eigenvalue weighted by molar-refractivity contribution is 6.08. The van der Waals surface area contributed by atoms with E-state index in [-0.39, 0.29) is 12.6 Å². The van der Waals surface area contributed by atoms with Gasteiger partial charge in [0.1, 0.15) is 5.56 Å². The first-order valence-electron chi connectivity index (χ1n) is 7.79. The average molecular weight is 393 g/mol. The summed E-state index contributed by atoms with van der Waals surface area (Å²) in [5.74, 6) is -3.78. The number of hydrogen-bond acceptors (Lipinski definition) is 6. The number of halogens is 3. The number of imide groups is 1. The van der Waals surface area contributed by atoms with E-state index in [1.54, 1.807) is 5.32 Å². The minimum absolute atomic E-state index is 0.162. The van der Waals surface area contributed by atoms with Gasteiger partial charge in [0.25, 0.3) is 5.91 Å². The van der Waals surface area contributed by atoms with Gasteiger partial charge in [-0.15, -0.1) is 0 Å². The van der Waals surface area contributed by atoms with Crippen molar-refractivity contribution >= 4 is 17.6 Å². The highest BCUT2D eigenvalue weighted by atomic mass is 19.4. The molecule has 0 spiro atoms. The molecule has 0 radical (unpaired) electrons. The molecule has 0 aliphatic rings. The van der Waals surface area contributed by atoms with Crippen molar-refractivity contribution in [2.75, 3.05) is 13.7 Å². The molecule has 0 heterocycles. The second-order valence-corrected chi connectivity index (χ2v) is 5.37. The number of carbonyl (C=O) groups is 2. The zero-order valence-electron chi connectivity index (χ0n) is 14.5. The van der Waals surface area contributed by atoms with Crippen molar-refractivity contribution in [2.45, 2.75) is 32.4 Å². The van der Waals surface area contributed by atoms with Crippen LogP contribution >= 0.6 is 0 Å². The molecule has 150 valence electrons. The summed E-state index contributed by atoms with van der Waals surface area (Å²) >= 11 is 0. The molecule has 0 atom stereocenters. The second kappa shape index (κ2) is 9.05. The number of unbranched alkanes of at least 4 members (excludes halogenated alkanes) is 2. The predicted molar refractivity (Wildman–Crippen MR) is 86.7 cm³/mol. The molecule has 1 aromatic rings. The smallest absolute Gasteiger partial charge is 0.417 e. The normalized spacial score (nSPS) is 11.0. The molecule has 0 saturated carbocycles. The molecular weight excluding hydrogens is 375 g/mol. The fraction of sp³-hybridized carbons (Fsp3) is 0.467. The summed E-state index contributed by atoms with van der Waals surface area (Å²) < 4.78 is 44.4. The predicted octanol–water partition coefficient (Wildman–Crippen LogP) is 2.96. The number of alkyl halides is 3. The van der Waals surface area contributed by atoms with Crippen LogP contribution in [0.5, 0.6) is 11.5 Å². The van der Waals surface area contributed by atoms with E-state index >= 15 is 0 Å². The van der Waals surface area contributed by atoms with Crippen LogP contribution in [0, 0.1) is 10.1 Å². The molecular formula is C15H18F3N3O6. The number of nitrogens with one attached hydrogen (secondary N) is 2. The van der Waals surface area contributed by atoms with Gasteiger partial charge in [0, 0.05) is 6.54 Å². The van der Waals surface area contributed by atoms with Gasteiger partial charge in [0.15, 0.2) is 5.75 Å². The van der Waals surface area contributed by atoms with Crippen LogP contribution < -0.4 is 15.4 Å². The number of nitro benzene ring substituents is 1. The number of hydrogen-bond donors (Lipinski definition) is 3. The maximum Gasteiger partial charge on any atom is 0.417 e. The summed E-state index contributed by atoms with van der Waals surface area (Å²) in [5, 5.41) is 24.8. The Morgan fingerprint density at radius 2 is 1.96 bits per heavy atom. The first-order chi connectivity index (χ1) is 12.5. The van der Waals surface area contributed by atoms with Crippen molar-refractivity contribution in [1.29, 1.82) is 0 Å². The third-order valence-corrected chi connectivity index (χ3v) is 3.47. The molecule has 0 unspecified atom stereocenters. The minimum atomic E-state index is -5.18. The van der Waals surface area contributed by atoms with Crippen LogP contribution in [0.2, 0.25) is 0 Å². The summed E-state index contributed by atoms with van der Waals surface area (Å²) in [6.45, 7) is 2.08. The van der Waals surface area contributed by atoms with E-state index in [9.17, 15) is 38.0 Å². The molecule has 27 heavy (non-hydrogen) atoms. The van der Waals surface area contributed by atoms with Gasteiger partial charge in [-0.25, -0.2) is 4.79 Å². The number of carbonyl (C=O) groups excluding carboxylic acids is 2.